The van der Waals surface area contributed by atoms with E-state index < -0.39 is 0 Å². The van der Waals surface area contributed by atoms with E-state index in [9.17, 15) is 0 Å². The second kappa shape index (κ2) is 3.60. The van der Waals surface area contributed by atoms with Crippen LogP contribution in [0.15, 0.2) is 24.3 Å². The second-order valence-corrected chi connectivity index (χ2v) is 3.13. The van der Waals surface area contributed by atoms with E-state index in [1.54, 1.807) is 0 Å². The van der Waals surface area contributed by atoms with Gasteiger partial charge in [-0.25, -0.2) is 0 Å². The van der Waals surface area contributed by atoms with Gasteiger partial charge in [0.25, 0.3) is 0 Å². The SMILES string of the molecule is C/C=C\C1C=CC(C)CC1. The molecule has 0 aromatic heterocycles. The Labute approximate surface area is 63.6 Å². The maximum absolute atomic E-state index is 2.33. The molecule has 1 aliphatic carbocycles. The zero-order valence-electron chi connectivity index (χ0n) is 6.88. The van der Waals surface area contributed by atoms with Gasteiger partial charge in [0.2, 0.25) is 0 Å². The fourth-order valence-corrected chi connectivity index (χ4v) is 1.39. The maximum Gasteiger partial charge on any atom is -0.00533 e. The van der Waals surface area contributed by atoms with Crippen LogP contribution in [0.25, 0.3) is 0 Å². The molecule has 0 radical (unpaired) electrons. The van der Waals surface area contributed by atoms with E-state index in [1.807, 2.05) is 0 Å². The van der Waals surface area contributed by atoms with Crippen LogP contribution in [0, 0.1) is 11.8 Å². The van der Waals surface area contributed by atoms with Crippen LogP contribution in [0.5, 0.6) is 0 Å². The molecule has 0 fully saturated rings. The lowest BCUT2D eigenvalue weighted by Crippen LogP contribution is -2.03. The van der Waals surface area contributed by atoms with Gasteiger partial charge in [-0.1, -0.05) is 31.2 Å². The molecule has 0 heterocycles. The van der Waals surface area contributed by atoms with Gasteiger partial charge in [0.15, 0.2) is 0 Å². The average Bonchev–Trinajstić information content (AvgIpc) is 1.95. The van der Waals surface area contributed by atoms with E-state index in [0.29, 0.717) is 0 Å². The molecule has 0 aromatic carbocycles. The Balaban J connectivity index is 2.45. The third kappa shape index (κ3) is 2.02. The maximum atomic E-state index is 2.33. The van der Waals surface area contributed by atoms with E-state index in [1.165, 1.54) is 12.8 Å². The Morgan fingerprint density at radius 1 is 1.30 bits per heavy atom. The first-order valence-electron chi connectivity index (χ1n) is 4.14. The minimum absolute atomic E-state index is 0.723. The largest absolute Gasteiger partial charge is 0.0911 e. The summed E-state index contributed by atoms with van der Waals surface area (Å²) in [7, 11) is 0. The third-order valence-electron chi connectivity index (χ3n) is 2.08. The molecule has 0 heteroatoms. The summed E-state index contributed by atoms with van der Waals surface area (Å²) in [6, 6.07) is 0. The molecule has 56 valence electrons. The lowest BCUT2D eigenvalue weighted by Gasteiger charge is -2.16. The van der Waals surface area contributed by atoms with E-state index in [4.69, 9.17) is 0 Å². The highest BCUT2D eigenvalue weighted by Gasteiger charge is 2.08. The average molecular weight is 136 g/mol. The summed E-state index contributed by atoms with van der Waals surface area (Å²) in [6.45, 7) is 4.37. The smallest absolute Gasteiger partial charge is 0.00533 e. The molecular formula is C10H16. The zero-order valence-corrected chi connectivity index (χ0v) is 6.88. The van der Waals surface area contributed by atoms with Crippen LogP contribution < -0.4 is 0 Å². The van der Waals surface area contributed by atoms with Gasteiger partial charge in [-0.3, -0.25) is 0 Å². The van der Waals surface area contributed by atoms with Crippen LogP contribution in [0.3, 0.4) is 0 Å². The summed E-state index contributed by atoms with van der Waals surface area (Å²) >= 11 is 0. The number of rotatable bonds is 1. The molecule has 2 unspecified atom stereocenters. The highest BCUT2D eigenvalue weighted by molar-refractivity contribution is 5.04. The van der Waals surface area contributed by atoms with Gasteiger partial charge in [-0.2, -0.15) is 0 Å². The van der Waals surface area contributed by atoms with Crippen LogP contribution in [0.4, 0.5) is 0 Å². The lowest BCUT2D eigenvalue weighted by atomic mass is 9.89. The predicted molar refractivity (Wildman–Crippen MR) is 45.8 cm³/mol. The van der Waals surface area contributed by atoms with Crippen LogP contribution in [0.2, 0.25) is 0 Å². The van der Waals surface area contributed by atoms with Gasteiger partial charge >= 0.3 is 0 Å². The van der Waals surface area contributed by atoms with E-state index >= 15 is 0 Å². The van der Waals surface area contributed by atoms with Crippen molar-refractivity contribution in [2.75, 3.05) is 0 Å². The van der Waals surface area contributed by atoms with Crippen molar-refractivity contribution in [3.63, 3.8) is 0 Å². The Morgan fingerprint density at radius 3 is 2.60 bits per heavy atom. The van der Waals surface area contributed by atoms with Crippen molar-refractivity contribution < 1.29 is 0 Å². The number of hydrogen-bond acceptors (Lipinski definition) is 0. The standard InChI is InChI=1S/C10H16/c1-3-4-10-7-5-9(2)6-8-10/h3-5,7,9-10H,6,8H2,1-2H3/b4-3-. The molecule has 1 rings (SSSR count). The fourth-order valence-electron chi connectivity index (χ4n) is 1.39. The Hall–Kier alpha value is -0.520. The van der Waals surface area contributed by atoms with Crippen molar-refractivity contribution in [1.29, 1.82) is 0 Å². The van der Waals surface area contributed by atoms with Crippen LogP contribution >= 0.6 is 0 Å². The lowest BCUT2D eigenvalue weighted by molar-refractivity contribution is 0.530. The number of hydrogen-bond donors (Lipinski definition) is 0. The highest BCUT2D eigenvalue weighted by atomic mass is 14.1. The first-order valence-corrected chi connectivity index (χ1v) is 4.14. The first-order chi connectivity index (χ1) is 4.83. The molecule has 0 spiro atoms. The molecule has 0 aliphatic heterocycles. The van der Waals surface area contributed by atoms with Gasteiger partial charge in [0.05, 0.1) is 0 Å². The van der Waals surface area contributed by atoms with Gasteiger partial charge in [0.1, 0.15) is 0 Å². The van der Waals surface area contributed by atoms with Crippen molar-refractivity contribution in [3.05, 3.63) is 24.3 Å². The summed E-state index contributed by atoms with van der Waals surface area (Å²) in [4.78, 5) is 0. The van der Waals surface area contributed by atoms with Crippen molar-refractivity contribution in [3.8, 4) is 0 Å². The summed E-state index contributed by atoms with van der Waals surface area (Å²) in [6.07, 6.45) is 11.8. The molecule has 10 heavy (non-hydrogen) atoms. The summed E-state index contributed by atoms with van der Waals surface area (Å²) in [5.41, 5.74) is 0. The van der Waals surface area contributed by atoms with Gasteiger partial charge in [-0.05, 0) is 31.6 Å². The van der Waals surface area contributed by atoms with E-state index in [0.717, 1.165) is 11.8 Å². The fraction of sp³-hybridized carbons (Fsp3) is 0.600. The van der Waals surface area contributed by atoms with Gasteiger partial charge < -0.3 is 0 Å². The minimum atomic E-state index is 0.723. The second-order valence-electron chi connectivity index (χ2n) is 3.13. The summed E-state index contributed by atoms with van der Waals surface area (Å²) < 4.78 is 0. The summed E-state index contributed by atoms with van der Waals surface area (Å²) in [5, 5.41) is 0. The molecule has 0 amide bonds. The third-order valence-corrected chi connectivity index (χ3v) is 2.08. The van der Waals surface area contributed by atoms with Crippen LogP contribution in [-0.4, -0.2) is 0 Å². The Morgan fingerprint density at radius 2 is 2.10 bits per heavy atom. The molecule has 1 aliphatic rings. The van der Waals surface area contributed by atoms with Crippen molar-refractivity contribution in [2.45, 2.75) is 26.7 Å². The van der Waals surface area contributed by atoms with Gasteiger partial charge in [0, 0.05) is 0 Å². The molecule has 0 aromatic rings. The monoisotopic (exact) mass is 136 g/mol. The predicted octanol–water partition coefficient (Wildman–Crippen LogP) is 3.16. The molecule has 0 N–H and O–H groups in total. The Bertz CT molecular complexity index is 142. The Kier molecular flexibility index (Phi) is 2.73. The highest BCUT2D eigenvalue weighted by Crippen LogP contribution is 2.22. The summed E-state index contributed by atoms with van der Waals surface area (Å²) in [5.74, 6) is 1.53. The molecule has 0 saturated carbocycles. The zero-order chi connectivity index (χ0) is 7.40. The van der Waals surface area contributed by atoms with Crippen LogP contribution in [-0.2, 0) is 0 Å². The quantitative estimate of drug-likeness (QED) is 0.486. The minimum Gasteiger partial charge on any atom is -0.0911 e. The van der Waals surface area contributed by atoms with Gasteiger partial charge in [-0.15, -0.1) is 0 Å². The van der Waals surface area contributed by atoms with Crippen molar-refractivity contribution >= 4 is 0 Å². The van der Waals surface area contributed by atoms with Crippen molar-refractivity contribution in [1.82, 2.24) is 0 Å². The normalized spacial score (nSPS) is 33.4. The van der Waals surface area contributed by atoms with E-state index in [-0.39, 0.29) is 0 Å². The topological polar surface area (TPSA) is 0 Å². The van der Waals surface area contributed by atoms with E-state index in [2.05, 4.69) is 38.2 Å². The molecule has 0 nitrogen and oxygen atoms in total. The number of allylic oxidation sites excluding steroid dienone is 4. The first kappa shape index (κ1) is 7.59. The molecule has 0 bridgehead atoms. The van der Waals surface area contributed by atoms with Crippen LogP contribution in [0.1, 0.15) is 26.7 Å². The van der Waals surface area contributed by atoms with Crippen molar-refractivity contribution in [2.24, 2.45) is 11.8 Å². The molecule has 0 saturated heterocycles. The molecule has 2 atom stereocenters. The molecular weight excluding hydrogens is 120 g/mol.